The average molecular weight is 378 g/mol. The van der Waals surface area contributed by atoms with E-state index in [2.05, 4.69) is 10.1 Å². The molecule has 0 amide bonds. The molecular weight excluding hydrogens is 365 g/mol. The summed E-state index contributed by atoms with van der Waals surface area (Å²) in [6.45, 7) is 0.188. The van der Waals surface area contributed by atoms with Crippen molar-refractivity contribution in [1.29, 1.82) is 0 Å². The van der Waals surface area contributed by atoms with Gasteiger partial charge in [-0.15, -0.1) is 11.3 Å². The molecule has 0 aliphatic carbocycles. The van der Waals surface area contributed by atoms with Crippen molar-refractivity contribution >= 4 is 17.6 Å². The number of oxime groups is 1. The molecule has 0 saturated heterocycles. The lowest BCUT2D eigenvalue weighted by molar-refractivity contribution is -0.137. The maximum absolute atomic E-state index is 12.6. The Morgan fingerprint density at radius 1 is 1.12 bits per heavy atom. The van der Waals surface area contributed by atoms with E-state index in [1.54, 1.807) is 29.6 Å². The van der Waals surface area contributed by atoms with Crippen LogP contribution in [0.5, 0.6) is 5.75 Å². The summed E-state index contributed by atoms with van der Waals surface area (Å²) in [7, 11) is 0. The molecule has 4 nitrogen and oxygen atoms in total. The molecule has 3 aromatic rings. The van der Waals surface area contributed by atoms with Crippen molar-refractivity contribution in [3.05, 3.63) is 70.7 Å². The van der Waals surface area contributed by atoms with E-state index in [-0.39, 0.29) is 6.61 Å². The number of nitrogens with zero attached hydrogens (tertiary/aromatic N) is 2. The number of rotatable bonds is 5. The smallest absolute Gasteiger partial charge is 0.416 e. The maximum Gasteiger partial charge on any atom is 0.416 e. The van der Waals surface area contributed by atoms with Crippen molar-refractivity contribution in [1.82, 2.24) is 4.98 Å². The van der Waals surface area contributed by atoms with Gasteiger partial charge in [0.1, 0.15) is 17.4 Å². The van der Waals surface area contributed by atoms with Crippen molar-refractivity contribution in [2.24, 2.45) is 5.16 Å². The predicted octanol–water partition coefficient (Wildman–Crippen LogP) is 5.22. The SMILES string of the molecule is ON=Cc1ccccc1OCc1csc(-c2ccc(C(F)(F)F)cc2)n1. The van der Waals surface area contributed by atoms with Crippen molar-refractivity contribution in [2.75, 3.05) is 0 Å². The number of hydrogen-bond donors (Lipinski definition) is 1. The fourth-order valence-corrected chi connectivity index (χ4v) is 3.05. The number of aromatic nitrogens is 1. The van der Waals surface area contributed by atoms with Gasteiger partial charge in [-0.1, -0.05) is 29.4 Å². The first kappa shape index (κ1) is 17.9. The predicted molar refractivity (Wildman–Crippen MR) is 92.7 cm³/mol. The molecule has 0 unspecified atom stereocenters. The third-order valence-electron chi connectivity index (χ3n) is 3.50. The van der Waals surface area contributed by atoms with Crippen LogP contribution in [0.15, 0.2) is 59.1 Å². The van der Waals surface area contributed by atoms with Gasteiger partial charge >= 0.3 is 6.18 Å². The fourth-order valence-electron chi connectivity index (χ4n) is 2.24. The van der Waals surface area contributed by atoms with Gasteiger partial charge in [0.15, 0.2) is 0 Å². The van der Waals surface area contributed by atoms with Crippen molar-refractivity contribution in [3.63, 3.8) is 0 Å². The molecule has 2 aromatic carbocycles. The minimum Gasteiger partial charge on any atom is -0.487 e. The average Bonchev–Trinajstić information content (AvgIpc) is 3.10. The molecule has 3 rings (SSSR count). The van der Waals surface area contributed by atoms with Gasteiger partial charge in [-0.3, -0.25) is 0 Å². The number of ether oxygens (including phenoxy) is 1. The molecule has 0 spiro atoms. The standard InChI is InChI=1S/C18H13F3N2O2S/c19-18(20,21)14-7-5-12(6-8-14)17-23-15(11-26-17)10-25-16-4-2-1-3-13(16)9-22-24/h1-9,11,24H,10H2. The summed E-state index contributed by atoms with van der Waals surface area (Å²) < 4.78 is 43.5. The first-order chi connectivity index (χ1) is 12.5. The van der Waals surface area contributed by atoms with E-state index in [1.165, 1.54) is 29.7 Å². The van der Waals surface area contributed by atoms with Crippen molar-refractivity contribution in [2.45, 2.75) is 12.8 Å². The summed E-state index contributed by atoms with van der Waals surface area (Å²) >= 11 is 1.33. The van der Waals surface area contributed by atoms with Crippen LogP contribution in [-0.2, 0) is 12.8 Å². The lowest BCUT2D eigenvalue weighted by atomic mass is 10.1. The summed E-state index contributed by atoms with van der Waals surface area (Å²) in [5.41, 5.74) is 1.19. The zero-order chi connectivity index (χ0) is 18.6. The van der Waals surface area contributed by atoms with E-state index in [0.29, 0.717) is 27.6 Å². The summed E-state index contributed by atoms with van der Waals surface area (Å²) in [5.74, 6) is 0.536. The number of para-hydroxylation sites is 1. The highest BCUT2D eigenvalue weighted by atomic mass is 32.1. The van der Waals surface area contributed by atoms with Crippen LogP contribution in [0.4, 0.5) is 13.2 Å². The summed E-state index contributed by atoms with van der Waals surface area (Å²) in [4.78, 5) is 4.39. The van der Waals surface area contributed by atoms with E-state index in [1.807, 2.05) is 0 Å². The van der Waals surface area contributed by atoms with Crippen molar-refractivity contribution < 1.29 is 23.1 Å². The maximum atomic E-state index is 12.6. The Morgan fingerprint density at radius 2 is 1.85 bits per heavy atom. The van der Waals surface area contributed by atoms with Gasteiger partial charge in [0, 0.05) is 16.5 Å². The molecule has 0 radical (unpaired) electrons. The Labute approximate surface area is 151 Å². The van der Waals surface area contributed by atoms with Crippen LogP contribution in [-0.4, -0.2) is 16.4 Å². The van der Waals surface area contributed by atoms with E-state index in [9.17, 15) is 13.2 Å². The highest BCUT2D eigenvalue weighted by Gasteiger charge is 2.30. The van der Waals surface area contributed by atoms with E-state index >= 15 is 0 Å². The van der Waals surface area contributed by atoms with Gasteiger partial charge in [0.05, 0.1) is 17.5 Å². The van der Waals surface area contributed by atoms with E-state index in [4.69, 9.17) is 9.94 Å². The molecule has 8 heteroatoms. The van der Waals surface area contributed by atoms with Crippen LogP contribution >= 0.6 is 11.3 Å². The molecule has 0 bridgehead atoms. The second kappa shape index (κ2) is 7.57. The number of halogens is 3. The molecule has 1 heterocycles. The monoisotopic (exact) mass is 378 g/mol. The molecule has 26 heavy (non-hydrogen) atoms. The first-order valence-corrected chi connectivity index (χ1v) is 8.36. The zero-order valence-electron chi connectivity index (χ0n) is 13.3. The number of thiazole rings is 1. The molecule has 0 fully saturated rings. The minimum absolute atomic E-state index is 0.188. The Bertz CT molecular complexity index is 905. The topological polar surface area (TPSA) is 54.7 Å². The third-order valence-corrected chi connectivity index (χ3v) is 4.44. The molecule has 0 aliphatic rings. The molecule has 134 valence electrons. The lowest BCUT2D eigenvalue weighted by Crippen LogP contribution is -2.04. The van der Waals surface area contributed by atoms with E-state index in [0.717, 1.165) is 12.1 Å². The van der Waals surface area contributed by atoms with Crippen LogP contribution in [0.3, 0.4) is 0 Å². The molecule has 0 saturated carbocycles. The number of hydrogen-bond acceptors (Lipinski definition) is 5. The number of alkyl halides is 3. The highest BCUT2D eigenvalue weighted by molar-refractivity contribution is 7.13. The Hall–Kier alpha value is -2.87. The van der Waals surface area contributed by atoms with Gasteiger partial charge in [-0.2, -0.15) is 13.2 Å². The largest absolute Gasteiger partial charge is 0.487 e. The Morgan fingerprint density at radius 3 is 2.54 bits per heavy atom. The molecule has 0 aliphatic heterocycles. The summed E-state index contributed by atoms with van der Waals surface area (Å²) in [6.07, 6.45) is -3.09. The van der Waals surface area contributed by atoms with Crippen LogP contribution in [0, 0.1) is 0 Å². The van der Waals surface area contributed by atoms with Crippen LogP contribution in [0.25, 0.3) is 10.6 Å². The van der Waals surface area contributed by atoms with Gasteiger partial charge in [-0.05, 0) is 24.3 Å². The number of benzene rings is 2. The highest BCUT2D eigenvalue weighted by Crippen LogP contribution is 2.32. The van der Waals surface area contributed by atoms with Gasteiger partial charge in [0.25, 0.3) is 0 Å². The first-order valence-electron chi connectivity index (χ1n) is 7.48. The van der Waals surface area contributed by atoms with Gasteiger partial charge in [0.2, 0.25) is 0 Å². The van der Waals surface area contributed by atoms with E-state index < -0.39 is 11.7 Å². The molecule has 0 atom stereocenters. The molecule has 1 aromatic heterocycles. The fraction of sp³-hybridized carbons (Fsp3) is 0.111. The second-order valence-electron chi connectivity index (χ2n) is 5.29. The van der Waals surface area contributed by atoms with Gasteiger partial charge in [-0.25, -0.2) is 4.98 Å². The Kier molecular flexibility index (Phi) is 5.22. The lowest BCUT2D eigenvalue weighted by Gasteiger charge is -2.07. The molecule has 1 N–H and O–H groups in total. The summed E-state index contributed by atoms with van der Waals surface area (Å²) in [6, 6.07) is 11.9. The zero-order valence-corrected chi connectivity index (χ0v) is 14.1. The normalized spacial score (nSPS) is 11.8. The summed E-state index contributed by atoms with van der Waals surface area (Å²) in [5, 5.41) is 14.1. The molecular formula is C18H13F3N2O2S. The third kappa shape index (κ3) is 4.20. The Balaban J connectivity index is 1.71. The van der Waals surface area contributed by atoms with Gasteiger partial charge < -0.3 is 9.94 Å². The van der Waals surface area contributed by atoms with Crippen LogP contribution in [0.2, 0.25) is 0 Å². The van der Waals surface area contributed by atoms with Crippen LogP contribution in [0.1, 0.15) is 16.8 Å². The van der Waals surface area contributed by atoms with Crippen LogP contribution < -0.4 is 4.74 Å². The second-order valence-corrected chi connectivity index (χ2v) is 6.15. The minimum atomic E-state index is -4.36. The van der Waals surface area contributed by atoms with Crippen molar-refractivity contribution in [3.8, 4) is 16.3 Å². The quantitative estimate of drug-likeness (QED) is 0.376.